The molecular weight excluding hydrogens is 472 g/mol. The SMILES string of the molecule is CC(C)(C)C(=O)CCc1cccc(Nc2sc(-c3c(F)cc(C(C)(C)O)cc3F)cc2C(N)=O)n1. The van der Waals surface area contributed by atoms with Gasteiger partial charge in [-0.1, -0.05) is 26.8 Å². The molecule has 1 aromatic carbocycles. The van der Waals surface area contributed by atoms with E-state index in [-0.39, 0.29) is 32.4 Å². The van der Waals surface area contributed by atoms with Gasteiger partial charge in [-0.25, -0.2) is 13.8 Å². The fourth-order valence-electron chi connectivity index (χ4n) is 3.37. The summed E-state index contributed by atoms with van der Waals surface area (Å²) in [4.78, 5) is 28.9. The van der Waals surface area contributed by atoms with Crippen LogP contribution in [-0.4, -0.2) is 21.8 Å². The van der Waals surface area contributed by atoms with E-state index >= 15 is 0 Å². The van der Waals surface area contributed by atoms with Gasteiger partial charge in [-0.3, -0.25) is 9.59 Å². The molecule has 0 radical (unpaired) electrons. The van der Waals surface area contributed by atoms with Crippen LogP contribution in [0, 0.1) is 17.0 Å². The Bertz CT molecular complexity index is 1250. The molecule has 0 unspecified atom stereocenters. The molecule has 2 heterocycles. The molecule has 0 bridgehead atoms. The summed E-state index contributed by atoms with van der Waals surface area (Å²) in [6, 6.07) is 8.70. The molecule has 2 aromatic heterocycles. The number of carbonyl (C=O) groups is 2. The lowest BCUT2D eigenvalue weighted by Crippen LogP contribution is -2.20. The van der Waals surface area contributed by atoms with Crippen molar-refractivity contribution in [2.24, 2.45) is 11.1 Å². The first-order valence-electron chi connectivity index (χ1n) is 11.1. The number of benzene rings is 1. The van der Waals surface area contributed by atoms with Crippen molar-refractivity contribution in [2.45, 2.75) is 53.1 Å². The van der Waals surface area contributed by atoms with Crippen molar-refractivity contribution < 1.29 is 23.5 Å². The number of Topliss-reactive ketones (excluding diaryl/α,β-unsaturated/α-hetero) is 1. The van der Waals surface area contributed by atoms with E-state index in [0.29, 0.717) is 24.4 Å². The Balaban J connectivity index is 1.91. The number of thiophene rings is 1. The summed E-state index contributed by atoms with van der Waals surface area (Å²) in [5.74, 6) is -1.98. The normalized spacial score (nSPS) is 12.0. The first-order valence-corrected chi connectivity index (χ1v) is 11.9. The number of primary amides is 1. The summed E-state index contributed by atoms with van der Waals surface area (Å²) < 4.78 is 29.7. The molecule has 0 aliphatic rings. The summed E-state index contributed by atoms with van der Waals surface area (Å²) in [5.41, 5.74) is 4.18. The Hall–Kier alpha value is -3.17. The number of hydrogen-bond acceptors (Lipinski definition) is 6. The number of pyridine rings is 1. The molecule has 0 aliphatic carbocycles. The zero-order valence-electron chi connectivity index (χ0n) is 20.3. The van der Waals surface area contributed by atoms with E-state index in [0.717, 1.165) is 23.5 Å². The zero-order valence-corrected chi connectivity index (χ0v) is 21.1. The molecule has 6 nitrogen and oxygen atoms in total. The molecule has 3 rings (SSSR count). The van der Waals surface area contributed by atoms with Gasteiger partial charge < -0.3 is 16.2 Å². The minimum atomic E-state index is -1.42. The molecule has 0 fully saturated rings. The summed E-state index contributed by atoms with van der Waals surface area (Å²) in [7, 11) is 0. The molecule has 9 heteroatoms. The van der Waals surface area contributed by atoms with Gasteiger partial charge in [0.15, 0.2) is 0 Å². The van der Waals surface area contributed by atoms with Crippen molar-refractivity contribution in [3.8, 4) is 10.4 Å². The minimum absolute atomic E-state index is 0.0606. The molecule has 0 saturated heterocycles. The summed E-state index contributed by atoms with van der Waals surface area (Å²) >= 11 is 0.956. The number of anilines is 2. The van der Waals surface area contributed by atoms with Crippen molar-refractivity contribution >= 4 is 33.8 Å². The molecule has 3 aromatic rings. The first kappa shape index (κ1) is 26.4. The highest BCUT2D eigenvalue weighted by Gasteiger charge is 2.25. The van der Waals surface area contributed by atoms with Crippen molar-refractivity contribution in [3.05, 3.63) is 64.9 Å². The van der Waals surface area contributed by atoms with Crippen LogP contribution in [0.5, 0.6) is 0 Å². The molecule has 35 heavy (non-hydrogen) atoms. The Morgan fingerprint density at radius 2 is 1.71 bits per heavy atom. The lowest BCUT2D eigenvalue weighted by molar-refractivity contribution is -0.126. The smallest absolute Gasteiger partial charge is 0.251 e. The summed E-state index contributed by atoms with van der Waals surface area (Å²) in [6.45, 7) is 8.46. The topological polar surface area (TPSA) is 105 Å². The van der Waals surface area contributed by atoms with Crippen molar-refractivity contribution in [1.82, 2.24) is 4.98 Å². The number of aryl methyl sites for hydroxylation is 1. The van der Waals surface area contributed by atoms with E-state index in [2.05, 4.69) is 10.3 Å². The third-order valence-electron chi connectivity index (χ3n) is 5.49. The van der Waals surface area contributed by atoms with Gasteiger partial charge in [0, 0.05) is 22.4 Å². The maximum absolute atomic E-state index is 14.9. The number of hydrogen-bond donors (Lipinski definition) is 3. The van der Waals surface area contributed by atoms with E-state index in [1.807, 2.05) is 20.8 Å². The largest absolute Gasteiger partial charge is 0.386 e. The molecule has 0 aliphatic heterocycles. The number of nitrogens with two attached hydrogens (primary N) is 1. The molecule has 4 N–H and O–H groups in total. The maximum atomic E-state index is 14.9. The highest BCUT2D eigenvalue weighted by molar-refractivity contribution is 7.20. The van der Waals surface area contributed by atoms with E-state index in [1.54, 1.807) is 18.2 Å². The highest BCUT2D eigenvalue weighted by Crippen LogP contribution is 2.40. The number of nitrogens with one attached hydrogen (secondary N) is 1. The van der Waals surface area contributed by atoms with Crippen LogP contribution in [0.4, 0.5) is 19.6 Å². The Kier molecular flexibility index (Phi) is 7.42. The number of aliphatic hydroxyl groups is 1. The lowest BCUT2D eigenvalue weighted by Gasteiger charge is -2.18. The molecule has 0 atom stereocenters. The van der Waals surface area contributed by atoms with Gasteiger partial charge >= 0.3 is 0 Å². The number of halogens is 2. The highest BCUT2D eigenvalue weighted by atomic mass is 32.1. The van der Waals surface area contributed by atoms with Crippen LogP contribution in [0.2, 0.25) is 0 Å². The molecule has 1 amide bonds. The van der Waals surface area contributed by atoms with Crippen LogP contribution in [0.25, 0.3) is 10.4 Å². The predicted octanol–water partition coefficient (Wildman–Crippen LogP) is 5.71. The average Bonchev–Trinajstić information content (AvgIpc) is 3.13. The molecule has 0 spiro atoms. The van der Waals surface area contributed by atoms with E-state index in [4.69, 9.17) is 5.73 Å². The molecule has 0 saturated carbocycles. The van der Waals surface area contributed by atoms with Gasteiger partial charge in [0.05, 0.1) is 16.7 Å². The Morgan fingerprint density at radius 3 is 2.26 bits per heavy atom. The number of amides is 1. The second-order valence-electron chi connectivity index (χ2n) is 9.90. The lowest BCUT2D eigenvalue weighted by atomic mass is 9.88. The number of carbonyl (C=O) groups excluding carboxylic acids is 2. The Labute approximate surface area is 207 Å². The molecular formula is C26H29F2N3O3S. The minimum Gasteiger partial charge on any atom is -0.386 e. The van der Waals surface area contributed by atoms with Crippen LogP contribution in [0.15, 0.2) is 36.4 Å². The third kappa shape index (κ3) is 6.29. The number of rotatable bonds is 8. The summed E-state index contributed by atoms with van der Waals surface area (Å²) in [5, 5.41) is 13.4. The van der Waals surface area contributed by atoms with E-state index in [1.165, 1.54) is 19.9 Å². The van der Waals surface area contributed by atoms with E-state index < -0.39 is 28.6 Å². The van der Waals surface area contributed by atoms with Gasteiger partial charge in [-0.2, -0.15) is 0 Å². The second-order valence-corrected chi connectivity index (χ2v) is 11.0. The zero-order chi connectivity index (χ0) is 26.1. The van der Waals surface area contributed by atoms with Crippen LogP contribution < -0.4 is 11.1 Å². The first-order chi connectivity index (χ1) is 16.2. The van der Waals surface area contributed by atoms with Crippen LogP contribution in [0.3, 0.4) is 0 Å². The Morgan fingerprint density at radius 1 is 1.09 bits per heavy atom. The number of nitrogens with zero attached hydrogens (tertiary/aromatic N) is 1. The number of ketones is 1. The third-order valence-corrected chi connectivity index (χ3v) is 6.55. The maximum Gasteiger partial charge on any atom is 0.251 e. The summed E-state index contributed by atoms with van der Waals surface area (Å²) in [6.07, 6.45) is 0.794. The quantitative estimate of drug-likeness (QED) is 0.367. The van der Waals surface area contributed by atoms with Gasteiger partial charge in [0.25, 0.3) is 5.91 Å². The van der Waals surface area contributed by atoms with Gasteiger partial charge in [-0.05, 0) is 56.2 Å². The molecule has 186 valence electrons. The van der Waals surface area contributed by atoms with Crippen LogP contribution >= 0.6 is 11.3 Å². The average molecular weight is 502 g/mol. The van der Waals surface area contributed by atoms with Crippen LogP contribution in [0.1, 0.15) is 62.7 Å². The van der Waals surface area contributed by atoms with Gasteiger partial charge in [0.1, 0.15) is 28.2 Å². The standard InChI is InChI=1S/C26H29F2N3O3S/c1-25(2,3)20(32)10-9-15-7-6-8-21(30-15)31-24-16(23(29)33)13-19(35-24)22-17(27)11-14(12-18(22)28)26(4,5)34/h6-8,11-13,34H,9-10H2,1-5H3,(H2,29,33)(H,30,31). The van der Waals surface area contributed by atoms with Crippen LogP contribution in [-0.2, 0) is 16.8 Å². The van der Waals surface area contributed by atoms with Gasteiger partial charge in [0.2, 0.25) is 0 Å². The second kappa shape index (κ2) is 9.83. The predicted molar refractivity (Wildman–Crippen MR) is 134 cm³/mol. The monoisotopic (exact) mass is 501 g/mol. The van der Waals surface area contributed by atoms with E-state index in [9.17, 15) is 23.5 Å². The van der Waals surface area contributed by atoms with Crippen molar-refractivity contribution in [3.63, 3.8) is 0 Å². The number of aromatic nitrogens is 1. The fourth-order valence-corrected chi connectivity index (χ4v) is 4.49. The van der Waals surface area contributed by atoms with Crippen molar-refractivity contribution in [1.29, 1.82) is 0 Å². The van der Waals surface area contributed by atoms with Gasteiger partial charge in [-0.15, -0.1) is 11.3 Å². The fraction of sp³-hybridized carbons (Fsp3) is 0.346. The van der Waals surface area contributed by atoms with Crippen molar-refractivity contribution in [2.75, 3.05) is 5.32 Å².